The fourth-order valence-electron chi connectivity index (χ4n) is 5.04. The van der Waals surface area contributed by atoms with E-state index in [9.17, 15) is 4.79 Å². The highest BCUT2D eigenvalue weighted by molar-refractivity contribution is 6.14. The van der Waals surface area contributed by atoms with Crippen LogP contribution in [0.5, 0.6) is 0 Å². The van der Waals surface area contributed by atoms with Gasteiger partial charge in [-0.15, -0.1) is 0 Å². The number of fused-ring (bicyclic) bond motifs is 3. The minimum absolute atomic E-state index is 0.0758. The van der Waals surface area contributed by atoms with Crippen LogP contribution in [0.4, 0.5) is 5.69 Å². The number of benzene rings is 2. The third-order valence-electron chi connectivity index (χ3n) is 6.39. The molecule has 1 fully saturated rings. The molecule has 136 valence electrons. The van der Waals surface area contributed by atoms with Crippen LogP contribution in [0.25, 0.3) is 10.9 Å². The number of anilines is 1. The number of rotatable bonds is 1. The Morgan fingerprint density at radius 1 is 1.04 bits per heavy atom. The van der Waals surface area contributed by atoms with E-state index in [-0.39, 0.29) is 11.3 Å². The summed E-state index contributed by atoms with van der Waals surface area (Å²) in [7, 11) is 0. The normalized spacial score (nSPS) is 18.0. The predicted octanol–water partition coefficient (Wildman–Crippen LogP) is 5.41. The Morgan fingerprint density at radius 2 is 1.85 bits per heavy atom. The molecule has 1 saturated carbocycles. The summed E-state index contributed by atoms with van der Waals surface area (Å²) in [5, 5.41) is 1.01. The van der Waals surface area contributed by atoms with Crippen molar-refractivity contribution in [3.63, 3.8) is 0 Å². The summed E-state index contributed by atoms with van der Waals surface area (Å²) in [6.45, 7) is 2.95. The van der Waals surface area contributed by atoms with Crippen LogP contribution in [0, 0.1) is 6.92 Å². The van der Waals surface area contributed by atoms with Crippen LogP contribution >= 0.6 is 0 Å². The summed E-state index contributed by atoms with van der Waals surface area (Å²) >= 11 is 0. The molecule has 0 N–H and O–H groups in total. The molecule has 0 radical (unpaired) electrons. The quantitative estimate of drug-likeness (QED) is 0.584. The number of amides is 1. The number of hydrogen-bond donors (Lipinski definition) is 0. The van der Waals surface area contributed by atoms with Crippen molar-refractivity contribution < 1.29 is 4.79 Å². The minimum atomic E-state index is 0.0758. The first kappa shape index (κ1) is 16.5. The Morgan fingerprint density at radius 3 is 2.70 bits per heavy atom. The lowest BCUT2D eigenvalue weighted by Crippen LogP contribution is -2.38. The first-order chi connectivity index (χ1) is 13.2. The number of carbonyl (C=O) groups is 1. The van der Waals surface area contributed by atoms with Gasteiger partial charge in [-0.25, -0.2) is 0 Å². The lowest BCUT2D eigenvalue weighted by molar-refractivity contribution is 0.0984. The van der Waals surface area contributed by atoms with Crippen LogP contribution in [-0.4, -0.2) is 17.4 Å². The van der Waals surface area contributed by atoms with Gasteiger partial charge in [0.25, 0.3) is 5.91 Å². The summed E-state index contributed by atoms with van der Waals surface area (Å²) in [4.78, 5) is 20.1. The van der Waals surface area contributed by atoms with E-state index >= 15 is 0 Å². The molecule has 5 rings (SSSR count). The van der Waals surface area contributed by atoms with Gasteiger partial charge in [-0.2, -0.15) is 0 Å². The van der Waals surface area contributed by atoms with Crippen molar-refractivity contribution in [2.24, 2.45) is 0 Å². The fourth-order valence-corrected chi connectivity index (χ4v) is 5.04. The average Bonchev–Trinajstić information content (AvgIpc) is 3.01. The van der Waals surface area contributed by atoms with Gasteiger partial charge in [0.1, 0.15) is 0 Å². The third kappa shape index (κ3) is 2.56. The molecule has 2 aliphatic rings. The second-order valence-corrected chi connectivity index (χ2v) is 8.13. The monoisotopic (exact) mass is 356 g/mol. The number of nitrogens with zero attached hydrogens (tertiary/aromatic N) is 2. The molecule has 0 unspecified atom stereocenters. The summed E-state index contributed by atoms with van der Waals surface area (Å²) in [5.74, 6) is 0.0758. The fraction of sp³-hybridized carbons (Fsp3) is 0.333. The number of aromatic nitrogens is 1. The van der Waals surface area contributed by atoms with Crippen molar-refractivity contribution in [3.05, 3.63) is 71.4 Å². The summed E-state index contributed by atoms with van der Waals surface area (Å²) < 4.78 is 0. The molecule has 3 aromatic rings. The molecule has 0 bridgehead atoms. The maximum atomic E-state index is 13.6. The molecule has 1 amide bonds. The molecule has 2 aromatic carbocycles. The minimum Gasteiger partial charge on any atom is -0.307 e. The molecule has 2 heterocycles. The van der Waals surface area contributed by atoms with Crippen LogP contribution in [0.1, 0.15) is 53.6 Å². The van der Waals surface area contributed by atoms with Gasteiger partial charge in [0.2, 0.25) is 0 Å². The van der Waals surface area contributed by atoms with Crippen LogP contribution < -0.4 is 4.90 Å². The van der Waals surface area contributed by atoms with Crippen molar-refractivity contribution in [1.82, 2.24) is 4.98 Å². The molecular formula is C24H24N2O. The second kappa shape index (κ2) is 6.19. The van der Waals surface area contributed by atoms with Gasteiger partial charge >= 0.3 is 0 Å². The number of hydrogen-bond acceptors (Lipinski definition) is 2. The maximum absolute atomic E-state index is 13.6. The molecule has 27 heavy (non-hydrogen) atoms. The van der Waals surface area contributed by atoms with Gasteiger partial charge in [0.05, 0.1) is 11.1 Å². The zero-order chi connectivity index (χ0) is 18.4. The standard InChI is InChI=1S/C24H24N2O/c1-17-10-11-21-20(15-17)24(12-3-2-4-13-24)16-26(21)23(27)19-9-5-7-18-8-6-14-25-22(18)19/h5-11,14-15H,2-4,12-13,16H2,1H3. The Balaban J connectivity index is 1.62. The van der Waals surface area contributed by atoms with E-state index in [0.29, 0.717) is 5.56 Å². The predicted molar refractivity (Wildman–Crippen MR) is 109 cm³/mol. The molecule has 1 aromatic heterocycles. The first-order valence-electron chi connectivity index (χ1n) is 9.95. The van der Waals surface area contributed by atoms with Crippen LogP contribution in [0.2, 0.25) is 0 Å². The molecule has 1 aliphatic heterocycles. The highest BCUT2D eigenvalue weighted by Crippen LogP contribution is 2.49. The first-order valence-corrected chi connectivity index (χ1v) is 9.95. The molecule has 0 saturated heterocycles. The van der Waals surface area contributed by atoms with E-state index < -0.39 is 0 Å². The maximum Gasteiger partial charge on any atom is 0.260 e. The Labute approximate surface area is 160 Å². The number of aryl methyl sites for hydroxylation is 1. The lowest BCUT2D eigenvalue weighted by atomic mass is 9.70. The Hall–Kier alpha value is -2.68. The molecule has 1 spiro atoms. The smallest absolute Gasteiger partial charge is 0.260 e. The number of carbonyl (C=O) groups excluding carboxylic acids is 1. The summed E-state index contributed by atoms with van der Waals surface area (Å²) in [5.41, 5.74) is 5.38. The molecule has 3 nitrogen and oxygen atoms in total. The molecular weight excluding hydrogens is 332 g/mol. The largest absolute Gasteiger partial charge is 0.307 e. The van der Waals surface area contributed by atoms with Crippen LogP contribution in [0.15, 0.2) is 54.7 Å². The van der Waals surface area contributed by atoms with Crippen LogP contribution in [-0.2, 0) is 5.41 Å². The van der Waals surface area contributed by atoms with Gasteiger partial charge in [0, 0.05) is 29.2 Å². The van der Waals surface area contributed by atoms with E-state index in [1.807, 2.05) is 35.2 Å². The van der Waals surface area contributed by atoms with E-state index in [0.717, 1.165) is 23.1 Å². The van der Waals surface area contributed by atoms with Crippen molar-refractivity contribution in [1.29, 1.82) is 0 Å². The van der Waals surface area contributed by atoms with Crippen molar-refractivity contribution in [2.45, 2.75) is 44.4 Å². The Kier molecular flexibility index (Phi) is 3.78. The van der Waals surface area contributed by atoms with E-state index in [2.05, 4.69) is 30.1 Å². The molecule has 0 atom stereocenters. The van der Waals surface area contributed by atoms with Crippen molar-refractivity contribution in [3.8, 4) is 0 Å². The van der Waals surface area contributed by atoms with Gasteiger partial charge in [0.15, 0.2) is 0 Å². The van der Waals surface area contributed by atoms with Gasteiger partial charge in [-0.05, 0) is 43.5 Å². The molecule has 1 aliphatic carbocycles. The van der Waals surface area contributed by atoms with Crippen molar-refractivity contribution >= 4 is 22.5 Å². The average molecular weight is 356 g/mol. The van der Waals surface area contributed by atoms with Crippen molar-refractivity contribution in [2.75, 3.05) is 11.4 Å². The van der Waals surface area contributed by atoms with E-state index in [4.69, 9.17) is 0 Å². The number of para-hydroxylation sites is 1. The zero-order valence-corrected chi connectivity index (χ0v) is 15.7. The SMILES string of the molecule is Cc1ccc2c(c1)C1(CCCCC1)CN2C(=O)c1cccc2cccnc12. The number of pyridine rings is 1. The topological polar surface area (TPSA) is 33.2 Å². The second-order valence-electron chi connectivity index (χ2n) is 8.13. The van der Waals surface area contributed by atoms with Crippen LogP contribution in [0.3, 0.4) is 0 Å². The highest BCUT2D eigenvalue weighted by atomic mass is 16.2. The zero-order valence-electron chi connectivity index (χ0n) is 15.7. The summed E-state index contributed by atoms with van der Waals surface area (Å²) in [6.07, 6.45) is 7.95. The Bertz CT molecular complexity index is 1030. The highest BCUT2D eigenvalue weighted by Gasteiger charge is 2.45. The summed E-state index contributed by atoms with van der Waals surface area (Å²) in [6, 6.07) is 16.4. The third-order valence-corrected chi connectivity index (χ3v) is 6.39. The van der Waals surface area contributed by atoms with Gasteiger partial charge < -0.3 is 4.90 Å². The molecule has 3 heteroatoms. The lowest BCUT2D eigenvalue weighted by Gasteiger charge is -2.34. The van der Waals surface area contributed by atoms with E-state index in [1.165, 1.54) is 43.2 Å². The van der Waals surface area contributed by atoms with Gasteiger partial charge in [-0.3, -0.25) is 9.78 Å². The van der Waals surface area contributed by atoms with E-state index in [1.54, 1.807) is 6.20 Å². The van der Waals surface area contributed by atoms with Gasteiger partial charge in [-0.1, -0.05) is 55.2 Å².